The number of hydrogen-bond acceptors (Lipinski definition) is 4. The summed E-state index contributed by atoms with van der Waals surface area (Å²) < 4.78 is 4.78. The third-order valence-electron chi connectivity index (χ3n) is 5.68. The van der Waals surface area contributed by atoms with Gasteiger partial charge in [0.25, 0.3) is 0 Å². The molecule has 0 aliphatic carbocycles. The minimum Gasteiger partial charge on any atom is -0.465 e. The van der Waals surface area contributed by atoms with Crippen molar-refractivity contribution in [2.75, 3.05) is 20.2 Å². The van der Waals surface area contributed by atoms with Crippen LogP contribution >= 0.6 is 0 Å². The van der Waals surface area contributed by atoms with Gasteiger partial charge in [-0.15, -0.1) is 0 Å². The monoisotopic (exact) mass is 389 g/mol. The minimum atomic E-state index is -0.292. The number of likely N-dealkylation sites (tertiary alicyclic amines) is 1. The Morgan fingerprint density at radius 1 is 1.14 bits per heavy atom. The largest absolute Gasteiger partial charge is 0.465 e. The van der Waals surface area contributed by atoms with Crippen LogP contribution in [0, 0.1) is 0 Å². The fourth-order valence-electron chi connectivity index (χ4n) is 4.19. The Kier molecular flexibility index (Phi) is 6.06. The number of methoxy groups -OCH3 is 1. The normalized spacial score (nSPS) is 17.2. The number of aromatic nitrogens is 2. The molecule has 3 aromatic rings. The Morgan fingerprint density at radius 3 is 2.69 bits per heavy atom. The van der Waals surface area contributed by atoms with E-state index in [1.54, 1.807) is 0 Å². The molecule has 2 heterocycles. The van der Waals surface area contributed by atoms with Crippen LogP contribution in [0.15, 0.2) is 60.8 Å². The highest BCUT2D eigenvalue weighted by atomic mass is 16.5. The fourth-order valence-corrected chi connectivity index (χ4v) is 4.19. The number of H-pyrrole nitrogens is 1. The van der Waals surface area contributed by atoms with E-state index in [0.29, 0.717) is 11.5 Å². The molecule has 5 nitrogen and oxygen atoms in total. The number of aromatic amines is 1. The van der Waals surface area contributed by atoms with Crippen LogP contribution in [0.5, 0.6) is 0 Å². The van der Waals surface area contributed by atoms with Crippen molar-refractivity contribution in [3.8, 4) is 0 Å². The molecule has 1 N–H and O–H groups in total. The van der Waals surface area contributed by atoms with Crippen LogP contribution in [0.2, 0.25) is 0 Å². The van der Waals surface area contributed by atoms with Crippen molar-refractivity contribution in [3.63, 3.8) is 0 Å². The fraction of sp³-hybridized carbons (Fsp3) is 0.333. The van der Waals surface area contributed by atoms with E-state index >= 15 is 0 Å². The Morgan fingerprint density at radius 2 is 1.93 bits per heavy atom. The maximum absolute atomic E-state index is 11.6. The van der Waals surface area contributed by atoms with Crippen LogP contribution in [0.3, 0.4) is 0 Å². The van der Waals surface area contributed by atoms with Crippen molar-refractivity contribution < 1.29 is 9.53 Å². The molecule has 1 aliphatic heterocycles. The van der Waals surface area contributed by atoms with E-state index < -0.39 is 0 Å². The summed E-state index contributed by atoms with van der Waals surface area (Å²) in [5.74, 6) is 0.180. The Bertz CT molecular complexity index is 934. The number of carbonyl (C=O) groups is 1. The molecule has 1 atom stereocenters. The number of carbonyl (C=O) groups excluding carboxylic acids is 1. The zero-order chi connectivity index (χ0) is 20.1. The molecule has 0 saturated carbocycles. The first-order valence-electron chi connectivity index (χ1n) is 10.2. The summed E-state index contributed by atoms with van der Waals surface area (Å²) in [4.78, 5) is 14.1. The Labute approximate surface area is 171 Å². The summed E-state index contributed by atoms with van der Waals surface area (Å²) in [5.41, 5.74) is 5.70. The van der Waals surface area contributed by atoms with E-state index in [1.807, 2.05) is 30.5 Å². The van der Waals surface area contributed by atoms with Crippen molar-refractivity contribution in [3.05, 3.63) is 88.7 Å². The van der Waals surface area contributed by atoms with Crippen LogP contribution in [0.1, 0.15) is 51.5 Å². The predicted octanol–water partition coefficient (Wildman–Crippen LogP) is 4.17. The highest BCUT2D eigenvalue weighted by Crippen LogP contribution is 2.29. The number of rotatable bonds is 6. The zero-order valence-corrected chi connectivity index (χ0v) is 16.8. The van der Waals surface area contributed by atoms with Crippen LogP contribution in [0.25, 0.3) is 0 Å². The van der Waals surface area contributed by atoms with Crippen LogP contribution in [-0.4, -0.2) is 41.3 Å². The molecule has 150 valence electrons. The average molecular weight is 389 g/mol. The molecule has 0 unspecified atom stereocenters. The maximum Gasteiger partial charge on any atom is 0.337 e. The lowest BCUT2D eigenvalue weighted by atomic mass is 9.90. The zero-order valence-electron chi connectivity index (χ0n) is 16.8. The van der Waals surface area contributed by atoms with E-state index in [4.69, 9.17) is 4.74 Å². The van der Waals surface area contributed by atoms with Gasteiger partial charge in [0.05, 0.1) is 18.9 Å². The van der Waals surface area contributed by atoms with Crippen molar-refractivity contribution in [1.29, 1.82) is 0 Å². The van der Waals surface area contributed by atoms with Gasteiger partial charge in [0.1, 0.15) is 0 Å². The van der Waals surface area contributed by atoms with Crippen molar-refractivity contribution in [2.24, 2.45) is 0 Å². The Balaban J connectivity index is 1.41. The highest BCUT2D eigenvalue weighted by molar-refractivity contribution is 5.89. The van der Waals surface area contributed by atoms with E-state index in [-0.39, 0.29) is 5.97 Å². The summed E-state index contributed by atoms with van der Waals surface area (Å²) in [5, 5.41) is 7.63. The second kappa shape index (κ2) is 9.05. The molecule has 1 saturated heterocycles. The van der Waals surface area contributed by atoms with E-state index in [9.17, 15) is 4.79 Å². The lowest BCUT2D eigenvalue weighted by Gasteiger charge is -2.32. The first-order chi connectivity index (χ1) is 14.2. The predicted molar refractivity (Wildman–Crippen MR) is 113 cm³/mol. The van der Waals surface area contributed by atoms with Gasteiger partial charge < -0.3 is 4.74 Å². The standard InChI is InChI=1S/C24H27N3O2/c1-29-24(28)20-11-9-19(10-12-20)16-27-13-5-8-21(17-27)23-22(15-25-26-23)14-18-6-3-2-4-7-18/h2-4,6-7,9-12,15,21H,5,8,13-14,16-17H2,1H3,(H,25,26)/t21-/m0/s1. The molecule has 1 aromatic heterocycles. The van der Waals surface area contributed by atoms with E-state index in [2.05, 4.69) is 45.4 Å². The highest BCUT2D eigenvalue weighted by Gasteiger charge is 2.24. The molecule has 0 spiro atoms. The molecule has 1 aliphatic rings. The first-order valence-corrected chi connectivity index (χ1v) is 10.2. The molecule has 5 heteroatoms. The van der Waals surface area contributed by atoms with Crippen molar-refractivity contribution in [1.82, 2.24) is 15.1 Å². The van der Waals surface area contributed by atoms with Gasteiger partial charge >= 0.3 is 5.97 Å². The SMILES string of the molecule is COC(=O)c1ccc(CN2CCC[C@H](c3[nH]ncc3Cc3ccccc3)C2)cc1. The molecular formula is C24H27N3O2. The lowest BCUT2D eigenvalue weighted by molar-refractivity contribution is 0.0600. The van der Waals surface area contributed by atoms with Gasteiger partial charge in [0.15, 0.2) is 0 Å². The summed E-state index contributed by atoms with van der Waals surface area (Å²) in [6, 6.07) is 18.3. The maximum atomic E-state index is 11.6. The van der Waals surface area contributed by atoms with Gasteiger partial charge in [-0.3, -0.25) is 10.00 Å². The van der Waals surface area contributed by atoms with Gasteiger partial charge in [-0.25, -0.2) is 4.79 Å². The summed E-state index contributed by atoms with van der Waals surface area (Å²) in [7, 11) is 1.41. The lowest BCUT2D eigenvalue weighted by Crippen LogP contribution is -2.34. The van der Waals surface area contributed by atoms with Gasteiger partial charge in [0.2, 0.25) is 0 Å². The van der Waals surface area contributed by atoms with Crippen LogP contribution < -0.4 is 0 Å². The van der Waals surface area contributed by atoms with Crippen molar-refractivity contribution in [2.45, 2.75) is 31.7 Å². The van der Waals surface area contributed by atoms with Crippen LogP contribution in [0.4, 0.5) is 0 Å². The molecule has 1 fully saturated rings. The number of hydrogen-bond donors (Lipinski definition) is 1. The van der Waals surface area contributed by atoms with Gasteiger partial charge in [0, 0.05) is 31.1 Å². The minimum absolute atomic E-state index is 0.292. The summed E-state index contributed by atoms with van der Waals surface area (Å²) in [6.07, 6.45) is 5.25. The molecule has 0 bridgehead atoms. The van der Waals surface area contributed by atoms with Crippen molar-refractivity contribution >= 4 is 5.97 Å². The van der Waals surface area contributed by atoms with Crippen LogP contribution in [-0.2, 0) is 17.7 Å². The van der Waals surface area contributed by atoms with E-state index in [1.165, 1.54) is 42.3 Å². The number of nitrogens with one attached hydrogen (secondary N) is 1. The molecule has 0 radical (unpaired) electrons. The summed E-state index contributed by atoms with van der Waals surface area (Å²) in [6.45, 7) is 3.00. The van der Waals surface area contributed by atoms with Gasteiger partial charge in [-0.1, -0.05) is 42.5 Å². The number of ether oxygens (including phenoxy) is 1. The first kappa shape index (κ1) is 19.4. The molecule has 29 heavy (non-hydrogen) atoms. The van der Waals surface area contributed by atoms with Gasteiger partial charge in [-0.2, -0.15) is 5.10 Å². The van der Waals surface area contributed by atoms with Gasteiger partial charge in [-0.05, 0) is 48.2 Å². The molecule has 2 aromatic carbocycles. The number of benzene rings is 2. The number of esters is 1. The quantitative estimate of drug-likeness (QED) is 0.643. The third kappa shape index (κ3) is 4.74. The third-order valence-corrected chi connectivity index (χ3v) is 5.68. The second-order valence-electron chi connectivity index (χ2n) is 7.73. The number of nitrogens with zero attached hydrogens (tertiary/aromatic N) is 2. The number of piperidine rings is 1. The summed E-state index contributed by atoms with van der Waals surface area (Å²) >= 11 is 0. The average Bonchev–Trinajstić information content (AvgIpc) is 3.23. The van der Waals surface area contributed by atoms with E-state index in [0.717, 1.165) is 26.1 Å². The molecular weight excluding hydrogens is 362 g/mol. The molecule has 4 rings (SSSR count). The second-order valence-corrected chi connectivity index (χ2v) is 7.73. The Hall–Kier alpha value is -2.92. The topological polar surface area (TPSA) is 58.2 Å². The molecule has 0 amide bonds. The smallest absolute Gasteiger partial charge is 0.337 e.